The van der Waals surface area contributed by atoms with E-state index in [1.807, 2.05) is 18.2 Å². The topological polar surface area (TPSA) is 22.0 Å². The fourth-order valence-electron chi connectivity index (χ4n) is 2.21. The van der Waals surface area contributed by atoms with Crippen molar-refractivity contribution in [1.82, 2.24) is 4.57 Å². The van der Waals surface area contributed by atoms with Gasteiger partial charge in [-0.2, -0.15) is 0 Å². The molecule has 1 heterocycles. The molecule has 2 aromatic rings. The second kappa shape index (κ2) is 5.17. The number of rotatable bonds is 5. The van der Waals surface area contributed by atoms with Crippen LogP contribution in [0.1, 0.15) is 37.0 Å². The van der Waals surface area contributed by atoms with Crippen molar-refractivity contribution in [3.8, 4) is 0 Å². The van der Waals surface area contributed by atoms with Crippen molar-refractivity contribution in [3.63, 3.8) is 0 Å². The van der Waals surface area contributed by atoms with E-state index in [1.165, 1.54) is 18.4 Å². The van der Waals surface area contributed by atoms with Gasteiger partial charge in [0.25, 0.3) is 0 Å². The zero-order chi connectivity index (χ0) is 12.3. The van der Waals surface area contributed by atoms with Gasteiger partial charge in [-0.1, -0.05) is 26.0 Å². The monoisotopic (exact) mass is 229 g/mol. The molecule has 2 rings (SSSR count). The van der Waals surface area contributed by atoms with Crippen molar-refractivity contribution >= 4 is 17.2 Å². The molecule has 1 aromatic carbocycles. The Labute approximate surface area is 102 Å². The second-order valence-electron chi connectivity index (χ2n) is 4.94. The van der Waals surface area contributed by atoms with E-state index in [9.17, 15) is 4.79 Å². The van der Waals surface area contributed by atoms with Gasteiger partial charge >= 0.3 is 0 Å². The zero-order valence-electron chi connectivity index (χ0n) is 10.5. The third-order valence-corrected chi connectivity index (χ3v) is 3.15. The van der Waals surface area contributed by atoms with Gasteiger partial charge in [0, 0.05) is 29.2 Å². The van der Waals surface area contributed by atoms with Crippen molar-refractivity contribution < 1.29 is 4.79 Å². The fraction of sp³-hybridized carbons (Fsp3) is 0.400. The van der Waals surface area contributed by atoms with Gasteiger partial charge < -0.3 is 4.57 Å². The Balaban J connectivity index is 2.21. The first-order chi connectivity index (χ1) is 8.22. The second-order valence-corrected chi connectivity index (χ2v) is 4.94. The SMILES string of the molecule is CC(C)CCCn1ccc2c(C=O)cccc21. The van der Waals surface area contributed by atoms with Crippen molar-refractivity contribution in [2.75, 3.05) is 0 Å². The first-order valence-corrected chi connectivity index (χ1v) is 6.25. The highest BCUT2D eigenvalue weighted by atomic mass is 16.1. The highest BCUT2D eigenvalue weighted by Gasteiger charge is 2.04. The maximum atomic E-state index is 10.9. The van der Waals surface area contributed by atoms with E-state index in [0.717, 1.165) is 29.7 Å². The summed E-state index contributed by atoms with van der Waals surface area (Å²) < 4.78 is 2.24. The van der Waals surface area contributed by atoms with Crippen LogP contribution in [0.4, 0.5) is 0 Å². The molecule has 0 unspecified atom stereocenters. The number of hydrogen-bond acceptors (Lipinski definition) is 1. The molecule has 0 amide bonds. The summed E-state index contributed by atoms with van der Waals surface area (Å²) in [6.07, 6.45) is 5.44. The maximum Gasteiger partial charge on any atom is 0.150 e. The summed E-state index contributed by atoms with van der Waals surface area (Å²) in [6, 6.07) is 7.94. The molecule has 0 aliphatic heterocycles. The van der Waals surface area contributed by atoms with E-state index in [2.05, 4.69) is 30.7 Å². The highest BCUT2D eigenvalue weighted by Crippen LogP contribution is 2.20. The fourth-order valence-corrected chi connectivity index (χ4v) is 2.21. The molecule has 0 N–H and O–H groups in total. The van der Waals surface area contributed by atoms with E-state index in [4.69, 9.17) is 0 Å². The summed E-state index contributed by atoms with van der Waals surface area (Å²) in [5.41, 5.74) is 1.95. The van der Waals surface area contributed by atoms with E-state index >= 15 is 0 Å². The average Bonchev–Trinajstić information content (AvgIpc) is 2.72. The summed E-state index contributed by atoms with van der Waals surface area (Å²) in [4.78, 5) is 10.9. The van der Waals surface area contributed by atoms with Crippen molar-refractivity contribution in [1.29, 1.82) is 0 Å². The van der Waals surface area contributed by atoms with Crippen molar-refractivity contribution in [2.24, 2.45) is 5.92 Å². The standard InChI is InChI=1S/C15H19NO/c1-12(2)5-4-9-16-10-8-14-13(11-17)6-3-7-15(14)16/h3,6-8,10-12H,4-5,9H2,1-2H3. The minimum absolute atomic E-state index is 0.752. The Kier molecular flexibility index (Phi) is 3.62. The van der Waals surface area contributed by atoms with Gasteiger partial charge in [0.05, 0.1) is 0 Å². The van der Waals surface area contributed by atoms with Gasteiger partial charge in [-0.05, 0) is 30.9 Å². The number of hydrogen-bond donors (Lipinski definition) is 0. The number of aromatic nitrogens is 1. The number of aldehydes is 1. The Hall–Kier alpha value is -1.57. The van der Waals surface area contributed by atoms with Crippen LogP contribution in [0.5, 0.6) is 0 Å². The van der Waals surface area contributed by atoms with Crippen LogP contribution in [0.3, 0.4) is 0 Å². The Morgan fingerprint density at radius 2 is 2.12 bits per heavy atom. The Bertz CT molecular complexity index is 511. The normalized spacial score (nSPS) is 11.2. The smallest absolute Gasteiger partial charge is 0.150 e. The number of carbonyl (C=O) groups is 1. The largest absolute Gasteiger partial charge is 0.347 e. The molecule has 0 fully saturated rings. The number of nitrogens with zero attached hydrogens (tertiary/aromatic N) is 1. The molecular formula is C15H19NO. The average molecular weight is 229 g/mol. The van der Waals surface area contributed by atoms with Crippen LogP contribution in [0.15, 0.2) is 30.5 Å². The lowest BCUT2D eigenvalue weighted by Crippen LogP contribution is -1.98. The van der Waals surface area contributed by atoms with E-state index in [1.54, 1.807) is 0 Å². The van der Waals surface area contributed by atoms with Crippen LogP contribution in [0.2, 0.25) is 0 Å². The summed E-state index contributed by atoms with van der Waals surface area (Å²) >= 11 is 0. The molecule has 0 aliphatic rings. The lowest BCUT2D eigenvalue weighted by Gasteiger charge is -2.07. The molecule has 2 nitrogen and oxygen atoms in total. The van der Waals surface area contributed by atoms with Crippen LogP contribution < -0.4 is 0 Å². The molecule has 0 saturated heterocycles. The molecule has 1 aromatic heterocycles. The molecule has 90 valence electrons. The minimum atomic E-state index is 0.752. The van der Waals surface area contributed by atoms with Gasteiger partial charge in [0.15, 0.2) is 6.29 Å². The molecule has 17 heavy (non-hydrogen) atoms. The minimum Gasteiger partial charge on any atom is -0.347 e. The van der Waals surface area contributed by atoms with E-state index in [0.29, 0.717) is 0 Å². The van der Waals surface area contributed by atoms with Crippen LogP contribution >= 0.6 is 0 Å². The predicted molar refractivity (Wildman–Crippen MR) is 71.4 cm³/mol. The van der Waals surface area contributed by atoms with E-state index < -0.39 is 0 Å². The van der Waals surface area contributed by atoms with Gasteiger partial charge in [-0.15, -0.1) is 0 Å². The zero-order valence-corrected chi connectivity index (χ0v) is 10.5. The van der Waals surface area contributed by atoms with Gasteiger partial charge in [0.1, 0.15) is 0 Å². The third kappa shape index (κ3) is 2.57. The molecule has 0 bridgehead atoms. The quantitative estimate of drug-likeness (QED) is 0.713. The molecule has 0 spiro atoms. The predicted octanol–water partition coefficient (Wildman–Crippen LogP) is 3.89. The maximum absolute atomic E-state index is 10.9. The Morgan fingerprint density at radius 3 is 2.82 bits per heavy atom. The number of carbonyl (C=O) groups excluding carboxylic acids is 1. The molecular weight excluding hydrogens is 210 g/mol. The highest BCUT2D eigenvalue weighted by molar-refractivity contribution is 5.97. The number of aryl methyl sites for hydroxylation is 1. The first kappa shape index (κ1) is 11.9. The molecule has 0 atom stereocenters. The van der Waals surface area contributed by atoms with Crippen molar-refractivity contribution in [3.05, 3.63) is 36.0 Å². The summed E-state index contributed by atoms with van der Waals surface area (Å²) in [5.74, 6) is 0.752. The van der Waals surface area contributed by atoms with Crippen LogP contribution in [-0.2, 0) is 6.54 Å². The van der Waals surface area contributed by atoms with Crippen LogP contribution in [0, 0.1) is 5.92 Å². The van der Waals surface area contributed by atoms with Gasteiger partial charge in [-0.3, -0.25) is 4.79 Å². The van der Waals surface area contributed by atoms with E-state index in [-0.39, 0.29) is 0 Å². The lowest BCUT2D eigenvalue weighted by atomic mass is 10.1. The summed E-state index contributed by atoms with van der Waals surface area (Å²) in [7, 11) is 0. The molecule has 0 radical (unpaired) electrons. The number of benzene rings is 1. The van der Waals surface area contributed by atoms with Crippen molar-refractivity contribution in [2.45, 2.75) is 33.2 Å². The summed E-state index contributed by atoms with van der Waals surface area (Å²) in [6.45, 7) is 5.53. The van der Waals surface area contributed by atoms with Crippen LogP contribution in [0.25, 0.3) is 10.9 Å². The van der Waals surface area contributed by atoms with Crippen LogP contribution in [-0.4, -0.2) is 10.9 Å². The molecule has 2 heteroatoms. The molecule has 0 saturated carbocycles. The summed E-state index contributed by atoms with van der Waals surface area (Å²) in [5, 5.41) is 1.06. The molecule has 0 aliphatic carbocycles. The Morgan fingerprint density at radius 1 is 1.29 bits per heavy atom. The number of fused-ring (bicyclic) bond motifs is 1. The van der Waals surface area contributed by atoms with Gasteiger partial charge in [-0.25, -0.2) is 0 Å². The third-order valence-electron chi connectivity index (χ3n) is 3.15. The lowest BCUT2D eigenvalue weighted by molar-refractivity contribution is 0.112. The van der Waals surface area contributed by atoms with Gasteiger partial charge in [0.2, 0.25) is 0 Å². The first-order valence-electron chi connectivity index (χ1n) is 6.25.